The van der Waals surface area contributed by atoms with Crippen LogP contribution < -0.4 is 14.8 Å². The van der Waals surface area contributed by atoms with Crippen LogP contribution in [0.15, 0.2) is 55.1 Å². The lowest BCUT2D eigenvalue weighted by Crippen LogP contribution is -2.20. The molecule has 8 heteroatoms. The Hall–Kier alpha value is -3.42. The summed E-state index contributed by atoms with van der Waals surface area (Å²) in [4.78, 5) is 20.2. The van der Waals surface area contributed by atoms with Gasteiger partial charge < -0.3 is 14.8 Å². The van der Waals surface area contributed by atoms with Crippen molar-refractivity contribution in [2.75, 3.05) is 19.0 Å². The molecule has 0 spiro atoms. The van der Waals surface area contributed by atoms with Crippen LogP contribution in [0.1, 0.15) is 0 Å². The van der Waals surface area contributed by atoms with E-state index >= 15 is 0 Å². The van der Waals surface area contributed by atoms with Crippen LogP contribution in [0.3, 0.4) is 0 Å². The third-order valence-electron chi connectivity index (χ3n) is 3.06. The van der Waals surface area contributed by atoms with Gasteiger partial charge in [-0.15, -0.1) is 0 Å². The number of aromatic nitrogens is 4. The van der Waals surface area contributed by atoms with Crippen LogP contribution in [0.4, 0.5) is 5.69 Å². The predicted octanol–water partition coefficient (Wildman–Crippen LogP) is 1.69. The Morgan fingerprint density at radius 3 is 2.50 bits per heavy atom. The largest absolute Gasteiger partial charge is 0.497 e. The fourth-order valence-corrected chi connectivity index (χ4v) is 1.91. The molecule has 8 nitrogen and oxygen atoms in total. The maximum absolute atomic E-state index is 11.9. The zero-order valence-electron chi connectivity index (χ0n) is 12.9. The number of nitrogens with zero attached hydrogens (tertiary/aromatic N) is 4. The van der Waals surface area contributed by atoms with Gasteiger partial charge in [0.15, 0.2) is 6.61 Å². The second-order valence-corrected chi connectivity index (χ2v) is 4.73. The van der Waals surface area contributed by atoms with E-state index in [0.717, 1.165) is 5.75 Å². The van der Waals surface area contributed by atoms with Crippen molar-refractivity contribution >= 4 is 11.6 Å². The smallest absolute Gasteiger partial charge is 0.262 e. The first kappa shape index (κ1) is 15.5. The van der Waals surface area contributed by atoms with Crippen molar-refractivity contribution in [2.45, 2.75) is 0 Å². The molecule has 0 radical (unpaired) electrons. The minimum absolute atomic E-state index is 0.118. The first-order valence-corrected chi connectivity index (χ1v) is 7.13. The Balaban J connectivity index is 1.52. The summed E-state index contributed by atoms with van der Waals surface area (Å²) in [6, 6.07) is 8.75. The van der Waals surface area contributed by atoms with E-state index in [9.17, 15) is 4.79 Å². The molecule has 0 bridgehead atoms. The number of benzene rings is 1. The summed E-state index contributed by atoms with van der Waals surface area (Å²) in [5, 5.41) is 6.69. The van der Waals surface area contributed by atoms with Crippen LogP contribution in [-0.4, -0.2) is 39.4 Å². The highest BCUT2D eigenvalue weighted by Gasteiger charge is 2.06. The normalized spacial score (nSPS) is 10.2. The van der Waals surface area contributed by atoms with E-state index < -0.39 is 0 Å². The van der Waals surface area contributed by atoms with Crippen molar-refractivity contribution in [3.05, 3.63) is 55.1 Å². The highest BCUT2D eigenvalue weighted by molar-refractivity contribution is 5.91. The lowest BCUT2D eigenvalue weighted by atomic mass is 10.3. The molecule has 0 fully saturated rings. The minimum atomic E-state index is -0.304. The Morgan fingerprint density at radius 1 is 1.17 bits per heavy atom. The quantitative estimate of drug-likeness (QED) is 0.741. The molecule has 0 aliphatic heterocycles. The molecule has 122 valence electrons. The van der Waals surface area contributed by atoms with Crippen molar-refractivity contribution < 1.29 is 14.3 Å². The van der Waals surface area contributed by atoms with E-state index in [0.29, 0.717) is 17.4 Å². The van der Waals surface area contributed by atoms with Crippen LogP contribution in [0.2, 0.25) is 0 Å². The number of hydrogen-bond donors (Lipinski definition) is 1. The molecule has 0 atom stereocenters. The zero-order valence-corrected chi connectivity index (χ0v) is 12.9. The minimum Gasteiger partial charge on any atom is -0.497 e. The molecule has 2 aromatic heterocycles. The Labute approximate surface area is 138 Å². The summed E-state index contributed by atoms with van der Waals surface area (Å²) < 4.78 is 12.0. The SMILES string of the molecule is COc1ccc(OCC(=O)Nc2cnc(-n3cccn3)nc2)cc1. The van der Waals surface area contributed by atoms with Gasteiger partial charge in [-0.05, 0) is 30.3 Å². The van der Waals surface area contributed by atoms with Gasteiger partial charge in [0.25, 0.3) is 11.9 Å². The number of amides is 1. The molecule has 3 aromatic rings. The summed E-state index contributed by atoms with van der Waals surface area (Å²) in [6.07, 6.45) is 6.39. The Kier molecular flexibility index (Phi) is 4.66. The van der Waals surface area contributed by atoms with Gasteiger partial charge in [0.05, 0.1) is 25.2 Å². The maximum atomic E-state index is 11.9. The molecule has 2 heterocycles. The van der Waals surface area contributed by atoms with Gasteiger partial charge in [-0.2, -0.15) is 5.10 Å². The van der Waals surface area contributed by atoms with E-state index in [2.05, 4.69) is 20.4 Å². The van der Waals surface area contributed by atoms with Gasteiger partial charge >= 0.3 is 0 Å². The fraction of sp³-hybridized carbons (Fsp3) is 0.125. The molecule has 1 amide bonds. The number of nitrogens with one attached hydrogen (secondary N) is 1. The zero-order chi connectivity index (χ0) is 16.8. The van der Waals surface area contributed by atoms with Crippen molar-refractivity contribution in [1.29, 1.82) is 0 Å². The van der Waals surface area contributed by atoms with Gasteiger partial charge in [0.1, 0.15) is 11.5 Å². The fourth-order valence-electron chi connectivity index (χ4n) is 1.91. The van der Waals surface area contributed by atoms with Gasteiger partial charge in [-0.1, -0.05) is 0 Å². The van der Waals surface area contributed by atoms with E-state index in [1.807, 2.05) is 0 Å². The Bertz CT molecular complexity index is 786. The molecule has 1 N–H and O–H groups in total. The van der Waals surface area contributed by atoms with E-state index in [1.165, 1.54) is 17.1 Å². The van der Waals surface area contributed by atoms with Crippen LogP contribution in [0.5, 0.6) is 11.5 Å². The summed E-state index contributed by atoms with van der Waals surface area (Å²) in [5.74, 6) is 1.42. The van der Waals surface area contributed by atoms with Gasteiger partial charge in [-0.3, -0.25) is 4.79 Å². The first-order valence-electron chi connectivity index (χ1n) is 7.13. The molecule has 0 saturated heterocycles. The summed E-state index contributed by atoms with van der Waals surface area (Å²) in [6.45, 7) is -0.118. The topological polar surface area (TPSA) is 91.2 Å². The van der Waals surface area contributed by atoms with Crippen molar-refractivity contribution in [3.63, 3.8) is 0 Å². The first-order chi connectivity index (χ1) is 11.7. The number of rotatable bonds is 6. The average Bonchev–Trinajstić information content (AvgIpc) is 3.16. The summed E-state index contributed by atoms with van der Waals surface area (Å²) in [7, 11) is 1.59. The monoisotopic (exact) mass is 325 g/mol. The number of hydrogen-bond acceptors (Lipinski definition) is 6. The molecule has 0 aliphatic rings. The number of carbonyl (C=O) groups excluding carboxylic acids is 1. The number of anilines is 1. The third kappa shape index (κ3) is 3.86. The lowest BCUT2D eigenvalue weighted by Gasteiger charge is -2.08. The van der Waals surface area contributed by atoms with Crippen LogP contribution >= 0.6 is 0 Å². The highest BCUT2D eigenvalue weighted by Crippen LogP contribution is 2.17. The highest BCUT2D eigenvalue weighted by atomic mass is 16.5. The molecule has 0 saturated carbocycles. The molecule has 24 heavy (non-hydrogen) atoms. The maximum Gasteiger partial charge on any atom is 0.262 e. The number of carbonyl (C=O) groups is 1. The lowest BCUT2D eigenvalue weighted by molar-refractivity contribution is -0.118. The molecule has 3 rings (SSSR count). The van der Waals surface area contributed by atoms with Crippen LogP contribution in [0.25, 0.3) is 5.95 Å². The van der Waals surface area contributed by atoms with Crippen molar-refractivity contribution in [3.8, 4) is 17.4 Å². The van der Waals surface area contributed by atoms with Gasteiger partial charge in [0, 0.05) is 12.4 Å². The van der Waals surface area contributed by atoms with Crippen molar-refractivity contribution in [2.24, 2.45) is 0 Å². The van der Waals surface area contributed by atoms with Crippen molar-refractivity contribution in [1.82, 2.24) is 19.7 Å². The molecule has 0 aliphatic carbocycles. The van der Waals surface area contributed by atoms with Crippen LogP contribution in [0, 0.1) is 0 Å². The van der Waals surface area contributed by atoms with E-state index in [-0.39, 0.29) is 12.5 Å². The van der Waals surface area contributed by atoms with E-state index in [1.54, 1.807) is 49.8 Å². The van der Waals surface area contributed by atoms with Crippen LogP contribution in [-0.2, 0) is 4.79 Å². The summed E-state index contributed by atoms with van der Waals surface area (Å²) in [5.41, 5.74) is 0.481. The molecular weight excluding hydrogens is 310 g/mol. The second kappa shape index (κ2) is 7.23. The van der Waals surface area contributed by atoms with Gasteiger partial charge in [0.2, 0.25) is 0 Å². The molecule has 1 aromatic carbocycles. The standard InChI is InChI=1S/C16H15N5O3/c1-23-13-3-5-14(6-4-13)24-11-15(22)20-12-9-17-16(18-10-12)21-8-2-7-19-21/h2-10H,11H2,1H3,(H,20,22). The Morgan fingerprint density at radius 2 is 1.88 bits per heavy atom. The van der Waals surface area contributed by atoms with E-state index in [4.69, 9.17) is 9.47 Å². The predicted molar refractivity (Wildman–Crippen MR) is 86.3 cm³/mol. The third-order valence-corrected chi connectivity index (χ3v) is 3.06. The summed E-state index contributed by atoms with van der Waals surface area (Å²) >= 11 is 0. The molecular formula is C16H15N5O3. The van der Waals surface area contributed by atoms with Gasteiger partial charge in [-0.25, -0.2) is 14.6 Å². The number of methoxy groups -OCH3 is 1. The second-order valence-electron chi connectivity index (χ2n) is 4.73. The molecule has 0 unspecified atom stereocenters. The average molecular weight is 325 g/mol. The number of ether oxygens (including phenoxy) is 2.